The van der Waals surface area contributed by atoms with E-state index in [0.29, 0.717) is 17.1 Å². The van der Waals surface area contributed by atoms with Crippen LogP contribution in [0.5, 0.6) is 5.75 Å². The van der Waals surface area contributed by atoms with Crippen LogP contribution in [0.3, 0.4) is 0 Å². The van der Waals surface area contributed by atoms with Gasteiger partial charge < -0.3 is 10.1 Å². The summed E-state index contributed by atoms with van der Waals surface area (Å²) in [7, 11) is 1.60. The molecule has 2 N–H and O–H groups in total. The van der Waals surface area contributed by atoms with E-state index in [1.165, 1.54) is 12.1 Å². The van der Waals surface area contributed by atoms with Crippen molar-refractivity contribution in [3.63, 3.8) is 0 Å². The van der Waals surface area contributed by atoms with E-state index in [2.05, 4.69) is 15.5 Å². The van der Waals surface area contributed by atoms with E-state index in [0.717, 1.165) is 16.9 Å². The highest BCUT2D eigenvalue weighted by molar-refractivity contribution is 7.71. The lowest BCUT2D eigenvalue weighted by atomic mass is 10.1. The molecule has 1 aromatic heterocycles. The Labute approximate surface area is 177 Å². The maximum atomic E-state index is 13.3. The molecule has 1 atom stereocenters. The van der Waals surface area contributed by atoms with E-state index < -0.39 is 5.82 Å². The molecule has 0 aliphatic carbocycles. The van der Waals surface area contributed by atoms with Gasteiger partial charge in [0.2, 0.25) is 5.91 Å². The number of hydrogen-bond acceptors (Lipinski definition) is 4. The molecule has 9 heteroatoms. The topological polar surface area (TPSA) is 71.9 Å². The Hall–Kier alpha value is -2.71. The largest absolute Gasteiger partial charge is 0.497 e. The van der Waals surface area contributed by atoms with Crippen molar-refractivity contribution in [3.8, 4) is 17.1 Å². The molecule has 2 aromatic carbocycles. The summed E-state index contributed by atoms with van der Waals surface area (Å²) in [5.74, 6) is 0.726. The highest BCUT2D eigenvalue weighted by Gasteiger charge is 2.14. The fourth-order valence-electron chi connectivity index (χ4n) is 2.88. The summed E-state index contributed by atoms with van der Waals surface area (Å²) in [4.78, 5) is 12.4. The SMILES string of the molecule is COc1ccc(-c2n[nH]c(=S)n2CCC(=O)NC(C)c2ccc(F)c(Cl)c2)cc1. The van der Waals surface area contributed by atoms with Gasteiger partial charge in [-0.3, -0.25) is 14.5 Å². The number of ether oxygens (including phenoxy) is 1. The third-order valence-corrected chi connectivity index (χ3v) is 5.09. The summed E-state index contributed by atoms with van der Waals surface area (Å²) in [6.45, 7) is 2.17. The van der Waals surface area contributed by atoms with Crippen LogP contribution in [0.15, 0.2) is 42.5 Å². The predicted octanol–water partition coefficient (Wildman–Crippen LogP) is 4.68. The van der Waals surface area contributed by atoms with E-state index >= 15 is 0 Å². The number of carbonyl (C=O) groups excluding carboxylic acids is 1. The van der Waals surface area contributed by atoms with E-state index in [-0.39, 0.29) is 23.4 Å². The zero-order valence-electron chi connectivity index (χ0n) is 15.9. The Balaban J connectivity index is 1.66. The maximum Gasteiger partial charge on any atom is 0.222 e. The molecule has 0 aliphatic rings. The molecule has 0 spiro atoms. The average molecular weight is 435 g/mol. The zero-order chi connectivity index (χ0) is 21.0. The number of carbonyl (C=O) groups is 1. The van der Waals surface area contributed by atoms with Crippen LogP contribution < -0.4 is 10.1 Å². The minimum atomic E-state index is -0.491. The van der Waals surface area contributed by atoms with E-state index in [4.69, 9.17) is 28.6 Å². The van der Waals surface area contributed by atoms with Gasteiger partial charge in [-0.1, -0.05) is 17.7 Å². The normalized spacial score (nSPS) is 11.9. The van der Waals surface area contributed by atoms with Gasteiger partial charge in [-0.25, -0.2) is 4.39 Å². The quantitative estimate of drug-likeness (QED) is 0.530. The van der Waals surface area contributed by atoms with Crippen LogP contribution in [-0.4, -0.2) is 27.8 Å². The van der Waals surface area contributed by atoms with Gasteiger partial charge in [0.05, 0.1) is 18.2 Å². The predicted molar refractivity (Wildman–Crippen MR) is 112 cm³/mol. The Kier molecular flexibility index (Phi) is 6.66. The van der Waals surface area contributed by atoms with Crippen molar-refractivity contribution in [1.82, 2.24) is 20.1 Å². The monoisotopic (exact) mass is 434 g/mol. The van der Waals surface area contributed by atoms with Gasteiger partial charge in [-0.2, -0.15) is 5.10 Å². The molecule has 0 radical (unpaired) electrons. The highest BCUT2D eigenvalue weighted by Crippen LogP contribution is 2.22. The first kappa shape index (κ1) is 21.0. The molecule has 0 fully saturated rings. The summed E-state index contributed by atoms with van der Waals surface area (Å²) in [6.07, 6.45) is 0.205. The lowest BCUT2D eigenvalue weighted by molar-refractivity contribution is -0.121. The van der Waals surface area contributed by atoms with Crippen LogP contribution in [0.1, 0.15) is 24.9 Å². The first-order chi connectivity index (χ1) is 13.9. The Morgan fingerprint density at radius 1 is 1.34 bits per heavy atom. The number of nitrogens with zero attached hydrogens (tertiary/aromatic N) is 2. The lowest BCUT2D eigenvalue weighted by Gasteiger charge is -2.15. The van der Waals surface area contributed by atoms with Gasteiger partial charge in [0.15, 0.2) is 10.6 Å². The third-order valence-electron chi connectivity index (χ3n) is 4.49. The van der Waals surface area contributed by atoms with Crippen LogP contribution in [-0.2, 0) is 11.3 Å². The molecule has 152 valence electrons. The van der Waals surface area contributed by atoms with Crippen molar-refractivity contribution >= 4 is 29.7 Å². The molecule has 1 amide bonds. The fourth-order valence-corrected chi connectivity index (χ4v) is 3.29. The van der Waals surface area contributed by atoms with Crippen molar-refractivity contribution in [2.75, 3.05) is 7.11 Å². The molecule has 1 unspecified atom stereocenters. The van der Waals surface area contributed by atoms with Crippen LogP contribution in [0, 0.1) is 10.6 Å². The molecule has 3 aromatic rings. The number of methoxy groups -OCH3 is 1. The summed E-state index contributed by atoms with van der Waals surface area (Å²) in [6, 6.07) is 11.5. The highest BCUT2D eigenvalue weighted by atomic mass is 35.5. The van der Waals surface area contributed by atoms with Gasteiger partial charge in [0.25, 0.3) is 0 Å². The van der Waals surface area contributed by atoms with E-state index in [1.54, 1.807) is 17.7 Å². The van der Waals surface area contributed by atoms with Crippen LogP contribution in [0.2, 0.25) is 5.02 Å². The molecule has 29 heavy (non-hydrogen) atoms. The Bertz CT molecular complexity index is 1070. The molecule has 3 rings (SSSR count). The molecular formula is C20H20ClFN4O2S. The third kappa shape index (κ3) is 5.02. The number of nitrogens with one attached hydrogen (secondary N) is 2. The first-order valence-electron chi connectivity index (χ1n) is 8.93. The van der Waals surface area contributed by atoms with Crippen LogP contribution in [0.25, 0.3) is 11.4 Å². The number of H-pyrrole nitrogens is 1. The number of hydrogen-bond donors (Lipinski definition) is 2. The number of rotatable bonds is 7. The molecule has 6 nitrogen and oxygen atoms in total. The summed E-state index contributed by atoms with van der Waals surface area (Å²) in [5.41, 5.74) is 1.58. The van der Waals surface area contributed by atoms with Gasteiger partial charge in [0, 0.05) is 18.5 Å². The van der Waals surface area contributed by atoms with Gasteiger partial charge >= 0.3 is 0 Å². The fraction of sp³-hybridized carbons (Fsp3) is 0.250. The number of aromatic nitrogens is 3. The standard InChI is InChI=1S/C20H20ClFN4O2S/c1-12(14-5-8-17(22)16(21)11-14)23-18(27)9-10-26-19(24-25-20(26)29)13-3-6-15(28-2)7-4-13/h3-8,11-12H,9-10H2,1-2H3,(H,23,27)(H,25,29). The molecule has 1 heterocycles. The second-order valence-corrected chi connectivity index (χ2v) is 7.24. The van der Waals surface area contributed by atoms with Gasteiger partial charge in [0.1, 0.15) is 11.6 Å². The van der Waals surface area contributed by atoms with Gasteiger partial charge in [-0.05, 0) is 61.1 Å². The average Bonchev–Trinajstić information content (AvgIpc) is 3.08. The lowest BCUT2D eigenvalue weighted by Crippen LogP contribution is -2.27. The summed E-state index contributed by atoms with van der Waals surface area (Å²) in [5, 5.41) is 9.95. The van der Waals surface area contributed by atoms with E-state index in [1.807, 2.05) is 31.2 Å². The second kappa shape index (κ2) is 9.19. The van der Waals surface area contributed by atoms with Crippen molar-refractivity contribution in [3.05, 3.63) is 63.6 Å². The molecule has 0 saturated heterocycles. The molecular weight excluding hydrogens is 415 g/mol. The summed E-state index contributed by atoms with van der Waals surface area (Å²) >= 11 is 11.1. The number of amides is 1. The van der Waals surface area contributed by atoms with Crippen molar-refractivity contribution in [1.29, 1.82) is 0 Å². The smallest absolute Gasteiger partial charge is 0.222 e. The Morgan fingerprint density at radius 2 is 2.07 bits per heavy atom. The number of aromatic amines is 1. The number of halogens is 2. The minimum absolute atomic E-state index is 0.0254. The molecule has 0 aliphatic heterocycles. The second-order valence-electron chi connectivity index (χ2n) is 6.45. The minimum Gasteiger partial charge on any atom is -0.497 e. The molecule has 0 saturated carbocycles. The van der Waals surface area contributed by atoms with Gasteiger partial charge in [-0.15, -0.1) is 0 Å². The zero-order valence-corrected chi connectivity index (χ0v) is 17.5. The first-order valence-corrected chi connectivity index (χ1v) is 9.71. The Morgan fingerprint density at radius 3 is 2.72 bits per heavy atom. The maximum absolute atomic E-state index is 13.3. The summed E-state index contributed by atoms with van der Waals surface area (Å²) < 4.78 is 20.7. The van der Waals surface area contributed by atoms with E-state index in [9.17, 15) is 9.18 Å². The van der Waals surface area contributed by atoms with Crippen molar-refractivity contribution in [2.45, 2.75) is 25.9 Å². The van der Waals surface area contributed by atoms with Crippen molar-refractivity contribution < 1.29 is 13.9 Å². The van der Waals surface area contributed by atoms with Crippen LogP contribution in [0.4, 0.5) is 4.39 Å². The molecule has 0 bridgehead atoms. The van der Waals surface area contributed by atoms with Crippen LogP contribution >= 0.6 is 23.8 Å². The number of benzene rings is 2. The van der Waals surface area contributed by atoms with Crippen molar-refractivity contribution in [2.24, 2.45) is 0 Å².